The molecule has 1 fully saturated rings. The molecule has 0 aromatic heterocycles. The molecule has 0 bridgehead atoms. The van der Waals surface area contributed by atoms with Gasteiger partial charge in [-0.3, -0.25) is 4.79 Å². The van der Waals surface area contributed by atoms with Crippen LogP contribution in [0.3, 0.4) is 0 Å². The molecule has 98 valence electrons. The molecule has 1 N–H and O–H groups in total. The molecule has 2 rings (SSSR count). The molecule has 1 aliphatic rings. The second-order valence-electron chi connectivity index (χ2n) is 4.84. The van der Waals surface area contributed by atoms with Gasteiger partial charge in [0.15, 0.2) is 0 Å². The van der Waals surface area contributed by atoms with E-state index in [2.05, 4.69) is 17.4 Å². The van der Waals surface area contributed by atoms with Crippen LogP contribution < -0.4 is 5.32 Å². The van der Waals surface area contributed by atoms with Gasteiger partial charge in [0.25, 0.3) is 0 Å². The van der Waals surface area contributed by atoms with Crippen molar-refractivity contribution in [3.05, 3.63) is 35.9 Å². The molecule has 0 spiro atoms. The van der Waals surface area contributed by atoms with Crippen molar-refractivity contribution in [3.63, 3.8) is 0 Å². The van der Waals surface area contributed by atoms with Gasteiger partial charge in [-0.05, 0) is 31.9 Å². The molecule has 3 nitrogen and oxygen atoms in total. The Kier molecular flexibility index (Phi) is 4.76. The smallest absolute Gasteiger partial charge is 0.239 e. The number of hydrogen-bond donors (Lipinski definition) is 1. The average Bonchev–Trinajstić information content (AvgIpc) is 2.46. The van der Waals surface area contributed by atoms with Gasteiger partial charge in [-0.2, -0.15) is 0 Å². The number of likely N-dealkylation sites (N-methyl/N-ethyl adjacent to an activating group) is 1. The topological polar surface area (TPSA) is 32.3 Å². The van der Waals surface area contributed by atoms with Gasteiger partial charge in [0, 0.05) is 13.1 Å². The summed E-state index contributed by atoms with van der Waals surface area (Å²) in [5.74, 6) is 0.251. The lowest BCUT2D eigenvalue weighted by molar-refractivity contribution is -0.134. The molecule has 18 heavy (non-hydrogen) atoms. The number of rotatable bonds is 4. The fourth-order valence-corrected chi connectivity index (χ4v) is 2.43. The van der Waals surface area contributed by atoms with Crippen molar-refractivity contribution in [2.75, 3.05) is 13.1 Å². The highest BCUT2D eigenvalue weighted by Crippen LogP contribution is 2.12. The summed E-state index contributed by atoms with van der Waals surface area (Å²) in [7, 11) is 0. The summed E-state index contributed by atoms with van der Waals surface area (Å²) in [6.07, 6.45) is 3.32. The highest BCUT2D eigenvalue weighted by Gasteiger charge is 2.24. The Labute approximate surface area is 109 Å². The van der Waals surface area contributed by atoms with Gasteiger partial charge in [-0.1, -0.05) is 36.8 Å². The van der Waals surface area contributed by atoms with Crippen molar-refractivity contribution in [1.82, 2.24) is 10.2 Å². The van der Waals surface area contributed by atoms with Crippen LogP contribution in [-0.2, 0) is 11.3 Å². The summed E-state index contributed by atoms with van der Waals surface area (Å²) in [6.45, 7) is 4.50. The molecular formula is C15H22N2O. The maximum atomic E-state index is 12.4. The molecule has 1 amide bonds. The van der Waals surface area contributed by atoms with Crippen LogP contribution in [0.5, 0.6) is 0 Å². The third-order valence-electron chi connectivity index (χ3n) is 3.52. The molecular weight excluding hydrogens is 224 g/mol. The van der Waals surface area contributed by atoms with E-state index < -0.39 is 0 Å². The number of carbonyl (C=O) groups excluding carboxylic acids is 1. The molecule has 1 aliphatic heterocycles. The summed E-state index contributed by atoms with van der Waals surface area (Å²) < 4.78 is 0. The quantitative estimate of drug-likeness (QED) is 0.883. The van der Waals surface area contributed by atoms with Gasteiger partial charge in [0.2, 0.25) is 5.91 Å². The fourth-order valence-electron chi connectivity index (χ4n) is 2.43. The van der Waals surface area contributed by atoms with Crippen LogP contribution in [0.15, 0.2) is 30.3 Å². The van der Waals surface area contributed by atoms with Crippen LogP contribution >= 0.6 is 0 Å². The van der Waals surface area contributed by atoms with Crippen molar-refractivity contribution < 1.29 is 4.79 Å². The lowest BCUT2D eigenvalue weighted by Crippen LogP contribution is -2.48. The lowest BCUT2D eigenvalue weighted by Gasteiger charge is -2.29. The number of amides is 1. The molecule has 0 aliphatic carbocycles. The SMILES string of the molecule is CCN(Cc1ccccc1)C(=O)[C@@H]1CCCCN1. The number of nitrogens with one attached hydrogen (secondary N) is 1. The minimum atomic E-state index is 0.0300. The van der Waals surface area contributed by atoms with E-state index >= 15 is 0 Å². The van der Waals surface area contributed by atoms with Gasteiger partial charge < -0.3 is 10.2 Å². The average molecular weight is 246 g/mol. The van der Waals surface area contributed by atoms with Crippen molar-refractivity contribution in [3.8, 4) is 0 Å². The predicted octanol–water partition coefficient (Wildman–Crippen LogP) is 2.18. The minimum Gasteiger partial charge on any atom is -0.337 e. The first kappa shape index (κ1) is 13.1. The molecule has 3 heteroatoms. The number of carbonyl (C=O) groups is 1. The highest BCUT2D eigenvalue weighted by atomic mass is 16.2. The third-order valence-corrected chi connectivity index (χ3v) is 3.52. The molecule has 0 saturated carbocycles. The zero-order valence-corrected chi connectivity index (χ0v) is 11.1. The van der Waals surface area contributed by atoms with E-state index in [4.69, 9.17) is 0 Å². The van der Waals surface area contributed by atoms with Gasteiger partial charge in [-0.15, -0.1) is 0 Å². The van der Waals surface area contributed by atoms with E-state index in [1.54, 1.807) is 0 Å². The summed E-state index contributed by atoms with van der Waals surface area (Å²) in [6, 6.07) is 10.2. The first-order valence-electron chi connectivity index (χ1n) is 6.87. The maximum absolute atomic E-state index is 12.4. The van der Waals surface area contributed by atoms with E-state index in [1.807, 2.05) is 30.0 Å². The van der Waals surface area contributed by atoms with E-state index in [1.165, 1.54) is 12.0 Å². The number of piperidine rings is 1. The molecule has 1 aromatic rings. The van der Waals surface area contributed by atoms with Crippen LogP contribution in [0, 0.1) is 0 Å². The Balaban J connectivity index is 1.97. The molecule has 1 atom stereocenters. The Bertz CT molecular complexity index is 371. The van der Waals surface area contributed by atoms with E-state index in [-0.39, 0.29) is 11.9 Å². The Morgan fingerprint density at radius 3 is 2.72 bits per heavy atom. The molecule has 1 aromatic carbocycles. The Hall–Kier alpha value is -1.35. The summed E-state index contributed by atoms with van der Waals surface area (Å²) in [5.41, 5.74) is 1.20. The first-order chi connectivity index (χ1) is 8.81. The van der Waals surface area contributed by atoms with Gasteiger partial charge in [0.1, 0.15) is 0 Å². The van der Waals surface area contributed by atoms with Gasteiger partial charge in [-0.25, -0.2) is 0 Å². The third kappa shape index (κ3) is 3.33. The molecule has 0 radical (unpaired) electrons. The van der Waals surface area contributed by atoms with Crippen molar-refractivity contribution >= 4 is 5.91 Å². The lowest BCUT2D eigenvalue weighted by atomic mass is 10.0. The van der Waals surface area contributed by atoms with Crippen LogP contribution in [0.1, 0.15) is 31.7 Å². The Morgan fingerprint density at radius 2 is 2.11 bits per heavy atom. The predicted molar refractivity (Wildman–Crippen MR) is 73.2 cm³/mol. The minimum absolute atomic E-state index is 0.0300. The monoisotopic (exact) mass is 246 g/mol. The molecule has 0 unspecified atom stereocenters. The summed E-state index contributed by atoms with van der Waals surface area (Å²) in [4.78, 5) is 14.3. The first-order valence-corrected chi connectivity index (χ1v) is 6.87. The second-order valence-corrected chi connectivity index (χ2v) is 4.84. The van der Waals surface area contributed by atoms with Gasteiger partial charge >= 0.3 is 0 Å². The molecule has 1 heterocycles. The van der Waals surface area contributed by atoms with Crippen LogP contribution in [0.4, 0.5) is 0 Å². The van der Waals surface area contributed by atoms with Crippen LogP contribution in [0.25, 0.3) is 0 Å². The zero-order valence-electron chi connectivity index (χ0n) is 11.1. The number of hydrogen-bond acceptors (Lipinski definition) is 2. The second kappa shape index (κ2) is 6.55. The zero-order chi connectivity index (χ0) is 12.8. The fraction of sp³-hybridized carbons (Fsp3) is 0.533. The van der Waals surface area contributed by atoms with Crippen molar-refractivity contribution in [1.29, 1.82) is 0 Å². The maximum Gasteiger partial charge on any atom is 0.239 e. The summed E-state index contributed by atoms with van der Waals surface area (Å²) in [5, 5.41) is 3.33. The molecule has 1 saturated heterocycles. The van der Waals surface area contributed by atoms with Crippen molar-refractivity contribution in [2.45, 2.75) is 38.8 Å². The Morgan fingerprint density at radius 1 is 1.33 bits per heavy atom. The van der Waals surface area contributed by atoms with E-state index in [9.17, 15) is 4.79 Å². The van der Waals surface area contributed by atoms with Crippen LogP contribution in [0.2, 0.25) is 0 Å². The summed E-state index contributed by atoms with van der Waals surface area (Å²) >= 11 is 0. The highest BCUT2D eigenvalue weighted by molar-refractivity contribution is 5.82. The number of benzene rings is 1. The number of nitrogens with zero attached hydrogens (tertiary/aromatic N) is 1. The van der Waals surface area contributed by atoms with Crippen molar-refractivity contribution in [2.24, 2.45) is 0 Å². The standard InChI is InChI=1S/C15H22N2O/c1-2-17(12-13-8-4-3-5-9-13)15(18)14-10-6-7-11-16-14/h3-5,8-9,14,16H,2,6-7,10-12H2,1H3/t14-/m0/s1. The van der Waals surface area contributed by atoms with Crippen LogP contribution in [-0.4, -0.2) is 29.9 Å². The van der Waals surface area contributed by atoms with E-state index in [0.29, 0.717) is 6.54 Å². The van der Waals surface area contributed by atoms with Gasteiger partial charge in [0.05, 0.1) is 6.04 Å². The van der Waals surface area contributed by atoms with E-state index in [0.717, 1.165) is 25.9 Å². The largest absolute Gasteiger partial charge is 0.337 e. The normalized spacial score (nSPS) is 19.5.